The van der Waals surface area contributed by atoms with Crippen LogP contribution < -0.4 is 16.6 Å². The molecular weight excluding hydrogens is 334 g/mol. The van der Waals surface area contributed by atoms with E-state index in [1.165, 1.54) is 6.92 Å². The molecular formula is C18H27N5O3. The molecule has 0 aromatic carbocycles. The average Bonchev–Trinajstić information content (AvgIpc) is 2.93. The number of amides is 2. The first-order valence-corrected chi connectivity index (χ1v) is 9.31. The van der Waals surface area contributed by atoms with Gasteiger partial charge in [0, 0.05) is 31.0 Å². The lowest BCUT2D eigenvalue weighted by atomic mass is 9.76. The summed E-state index contributed by atoms with van der Waals surface area (Å²) in [5.74, 6) is -0.0513. The van der Waals surface area contributed by atoms with Crippen molar-refractivity contribution in [3.05, 3.63) is 21.6 Å². The van der Waals surface area contributed by atoms with E-state index in [0.29, 0.717) is 25.9 Å². The van der Waals surface area contributed by atoms with Crippen LogP contribution in [0.25, 0.3) is 0 Å². The van der Waals surface area contributed by atoms with E-state index in [0.717, 1.165) is 36.9 Å². The number of anilines is 1. The van der Waals surface area contributed by atoms with Crippen LogP contribution in [0.3, 0.4) is 0 Å². The van der Waals surface area contributed by atoms with Crippen LogP contribution in [0.1, 0.15) is 57.2 Å². The molecule has 4 N–H and O–H groups in total. The summed E-state index contributed by atoms with van der Waals surface area (Å²) >= 11 is 0. The molecule has 1 saturated heterocycles. The Morgan fingerprint density at radius 3 is 2.65 bits per heavy atom. The van der Waals surface area contributed by atoms with Crippen molar-refractivity contribution in [1.29, 1.82) is 0 Å². The van der Waals surface area contributed by atoms with Gasteiger partial charge in [-0.2, -0.15) is 0 Å². The first-order chi connectivity index (χ1) is 12.4. The molecule has 1 atom stereocenters. The van der Waals surface area contributed by atoms with Gasteiger partial charge in [-0.25, -0.2) is 4.98 Å². The fraction of sp³-hybridized carbons (Fsp3) is 0.667. The van der Waals surface area contributed by atoms with E-state index >= 15 is 0 Å². The van der Waals surface area contributed by atoms with Crippen molar-refractivity contribution in [2.75, 3.05) is 18.8 Å². The Morgan fingerprint density at radius 2 is 2.04 bits per heavy atom. The number of rotatable bonds is 4. The molecule has 1 aromatic heterocycles. The van der Waals surface area contributed by atoms with E-state index in [2.05, 4.69) is 15.3 Å². The molecule has 8 heteroatoms. The summed E-state index contributed by atoms with van der Waals surface area (Å²) in [4.78, 5) is 45.1. The van der Waals surface area contributed by atoms with Crippen LogP contribution in [0.15, 0.2) is 4.79 Å². The van der Waals surface area contributed by atoms with Crippen molar-refractivity contribution in [1.82, 2.24) is 20.2 Å². The molecule has 8 nitrogen and oxygen atoms in total. The van der Waals surface area contributed by atoms with E-state index in [1.807, 2.05) is 11.8 Å². The van der Waals surface area contributed by atoms with Gasteiger partial charge in [-0.1, -0.05) is 13.3 Å². The Bertz CT molecular complexity index is 765. The first-order valence-electron chi connectivity index (χ1n) is 9.31. The summed E-state index contributed by atoms with van der Waals surface area (Å²) in [6.45, 7) is 4.64. The lowest BCUT2D eigenvalue weighted by Crippen LogP contribution is -2.52. The smallest absolute Gasteiger partial charge is 0.255 e. The third kappa shape index (κ3) is 3.32. The Morgan fingerprint density at radius 1 is 1.35 bits per heavy atom. The number of piperidine rings is 1. The van der Waals surface area contributed by atoms with Gasteiger partial charge in [-0.3, -0.25) is 19.4 Å². The average molecular weight is 361 g/mol. The van der Waals surface area contributed by atoms with Crippen molar-refractivity contribution in [2.45, 2.75) is 63.8 Å². The number of aromatic amines is 1. The van der Waals surface area contributed by atoms with E-state index in [1.54, 1.807) is 0 Å². The molecule has 0 radical (unpaired) electrons. The maximum atomic E-state index is 12.8. The molecule has 3 rings (SSSR count). The van der Waals surface area contributed by atoms with Gasteiger partial charge < -0.3 is 16.0 Å². The molecule has 1 fully saturated rings. The van der Waals surface area contributed by atoms with Crippen molar-refractivity contribution in [3.63, 3.8) is 0 Å². The van der Waals surface area contributed by atoms with E-state index in [9.17, 15) is 14.4 Å². The number of nitrogens with two attached hydrogens (primary N) is 1. The molecule has 26 heavy (non-hydrogen) atoms. The zero-order chi connectivity index (χ0) is 18.9. The van der Waals surface area contributed by atoms with Crippen LogP contribution in [0, 0.1) is 0 Å². The molecule has 0 bridgehead atoms. The highest BCUT2D eigenvalue weighted by molar-refractivity contribution is 5.87. The summed E-state index contributed by atoms with van der Waals surface area (Å²) in [5, 5.41) is 2.77. The number of carbonyl (C=O) groups excluding carboxylic acids is 2. The lowest BCUT2D eigenvalue weighted by molar-refractivity contribution is -0.137. The second-order valence-electron chi connectivity index (χ2n) is 7.43. The summed E-state index contributed by atoms with van der Waals surface area (Å²) in [6.07, 6.45) is 4.56. The topological polar surface area (TPSA) is 121 Å². The zero-order valence-corrected chi connectivity index (χ0v) is 15.4. The molecule has 1 aromatic rings. The number of hydrogen-bond acceptors (Lipinski definition) is 5. The van der Waals surface area contributed by atoms with E-state index in [4.69, 9.17) is 5.73 Å². The van der Waals surface area contributed by atoms with Gasteiger partial charge in [0.2, 0.25) is 17.8 Å². The van der Waals surface area contributed by atoms with Crippen LogP contribution in [0.5, 0.6) is 0 Å². The minimum absolute atomic E-state index is 0.0199. The van der Waals surface area contributed by atoms with Crippen LogP contribution in [0.2, 0.25) is 0 Å². The number of hydrogen-bond donors (Lipinski definition) is 3. The third-order valence-electron chi connectivity index (χ3n) is 5.67. The molecule has 142 valence electrons. The number of nitrogen functional groups attached to an aromatic ring is 1. The fourth-order valence-electron chi connectivity index (χ4n) is 4.32. The SMILES string of the molecule is CCCC(NC(C)=O)C(=O)N1CCC2(CCc3c2nc(N)[nH]c3=O)CC1. The largest absolute Gasteiger partial charge is 0.369 e. The highest BCUT2D eigenvalue weighted by Crippen LogP contribution is 2.44. The first kappa shape index (κ1) is 18.4. The zero-order valence-electron chi connectivity index (χ0n) is 15.4. The second-order valence-corrected chi connectivity index (χ2v) is 7.43. The van der Waals surface area contributed by atoms with Gasteiger partial charge >= 0.3 is 0 Å². The number of fused-ring (bicyclic) bond motifs is 2. The van der Waals surface area contributed by atoms with Crippen LogP contribution in [0.4, 0.5) is 5.95 Å². The molecule has 1 aliphatic carbocycles. The number of H-pyrrole nitrogens is 1. The van der Waals surface area contributed by atoms with Crippen molar-refractivity contribution in [3.8, 4) is 0 Å². The number of nitrogens with one attached hydrogen (secondary N) is 2. The predicted octanol–water partition coefficient (Wildman–Crippen LogP) is 0.463. The maximum absolute atomic E-state index is 12.8. The quantitative estimate of drug-likeness (QED) is 0.719. The monoisotopic (exact) mass is 361 g/mol. The Balaban J connectivity index is 1.73. The van der Waals surface area contributed by atoms with Crippen molar-refractivity contribution >= 4 is 17.8 Å². The predicted molar refractivity (Wildman–Crippen MR) is 97.6 cm³/mol. The van der Waals surface area contributed by atoms with Crippen molar-refractivity contribution in [2.24, 2.45) is 0 Å². The summed E-state index contributed by atoms with van der Waals surface area (Å²) in [7, 11) is 0. The van der Waals surface area contributed by atoms with E-state index in [-0.39, 0.29) is 28.7 Å². The summed E-state index contributed by atoms with van der Waals surface area (Å²) in [6, 6.07) is -0.459. The highest BCUT2D eigenvalue weighted by Gasteiger charge is 2.45. The number of nitrogens with zero attached hydrogens (tertiary/aromatic N) is 2. The van der Waals surface area contributed by atoms with Crippen LogP contribution >= 0.6 is 0 Å². The van der Waals surface area contributed by atoms with Gasteiger partial charge in [0.25, 0.3) is 5.56 Å². The van der Waals surface area contributed by atoms with Crippen molar-refractivity contribution < 1.29 is 9.59 Å². The standard InChI is InChI=1S/C18H27N5O3/c1-3-4-13(20-11(2)24)16(26)23-9-7-18(8-10-23)6-5-12-14(18)21-17(19)22-15(12)25/h13H,3-10H2,1-2H3,(H,20,24)(H3,19,21,22,25). The normalized spacial score (nSPS) is 19.2. The van der Waals surface area contributed by atoms with E-state index < -0.39 is 6.04 Å². The molecule has 2 heterocycles. The molecule has 0 saturated carbocycles. The second kappa shape index (κ2) is 7.09. The summed E-state index contributed by atoms with van der Waals surface area (Å²) < 4.78 is 0. The highest BCUT2D eigenvalue weighted by atomic mass is 16.2. The third-order valence-corrected chi connectivity index (χ3v) is 5.67. The van der Waals surface area contributed by atoms with Gasteiger partial charge in [0.15, 0.2) is 0 Å². The van der Waals surface area contributed by atoms with Gasteiger partial charge in [-0.15, -0.1) is 0 Å². The maximum Gasteiger partial charge on any atom is 0.255 e. The summed E-state index contributed by atoms with van der Waals surface area (Å²) in [5.41, 5.74) is 6.99. The van der Waals surface area contributed by atoms with Crippen LogP contribution in [-0.4, -0.2) is 45.8 Å². The fourth-order valence-corrected chi connectivity index (χ4v) is 4.32. The Hall–Kier alpha value is -2.38. The molecule has 1 aliphatic heterocycles. The minimum atomic E-state index is -0.459. The number of aromatic nitrogens is 2. The molecule has 2 amide bonds. The minimum Gasteiger partial charge on any atom is -0.369 e. The van der Waals surface area contributed by atoms with Crippen LogP contribution in [-0.2, 0) is 21.4 Å². The Kier molecular flexibility index (Phi) is 5.02. The van der Waals surface area contributed by atoms with Gasteiger partial charge in [-0.05, 0) is 32.1 Å². The molecule has 2 aliphatic rings. The number of likely N-dealkylation sites (tertiary alicyclic amines) is 1. The van der Waals surface area contributed by atoms with Gasteiger partial charge in [0.1, 0.15) is 6.04 Å². The molecule has 1 spiro atoms. The van der Waals surface area contributed by atoms with Gasteiger partial charge in [0.05, 0.1) is 5.69 Å². The number of carbonyl (C=O) groups is 2. The lowest BCUT2D eigenvalue weighted by Gasteiger charge is -2.40. The molecule has 1 unspecified atom stereocenters. The Labute approximate surface area is 152 Å².